The Morgan fingerprint density at radius 3 is 2.51 bits per heavy atom. The van der Waals surface area contributed by atoms with Crippen LogP contribution in [0.2, 0.25) is 5.15 Å². The molecule has 0 unspecified atom stereocenters. The summed E-state index contributed by atoms with van der Waals surface area (Å²) >= 11 is 5.45. The van der Waals surface area contributed by atoms with Gasteiger partial charge in [0.2, 0.25) is 0 Å². The summed E-state index contributed by atoms with van der Waals surface area (Å²) in [6.07, 6.45) is 4.52. The van der Waals surface area contributed by atoms with Crippen LogP contribution in [0.25, 0.3) is 10.8 Å². The molecule has 1 heterocycles. The Hall–Kier alpha value is -3.63. The van der Waals surface area contributed by atoms with Gasteiger partial charge in [-0.25, -0.2) is 9.97 Å². The van der Waals surface area contributed by atoms with E-state index in [0.29, 0.717) is 25.4 Å². The minimum atomic E-state index is -0.0127. The quantitative estimate of drug-likeness (QED) is 0.121. The SMILES string of the molecule is CN=C(N)NCCCCc1ccc(OCCCN)c2ccccc12.Nc1nc(N)c(C=O)nc1Cl. The Morgan fingerprint density at radius 1 is 1.09 bits per heavy atom. The first kappa shape index (κ1) is 27.6. The van der Waals surface area contributed by atoms with E-state index >= 15 is 0 Å². The molecule has 0 aliphatic heterocycles. The number of nitrogens with zero attached hydrogens (tertiary/aromatic N) is 3. The number of ether oxygens (including phenoxy) is 1. The molecular formula is C24H33ClN8O2. The van der Waals surface area contributed by atoms with Crippen LogP contribution in [-0.2, 0) is 6.42 Å². The van der Waals surface area contributed by atoms with E-state index in [4.69, 9.17) is 39.3 Å². The average molecular weight is 501 g/mol. The van der Waals surface area contributed by atoms with E-state index in [0.717, 1.165) is 38.0 Å². The number of carbonyl (C=O) groups excluding carboxylic acids is 1. The molecule has 0 aliphatic carbocycles. The predicted octanol–water partition coefficient (Wildman–Crippen LogP) is 2.53. The van der Waals surface area contributed by atoms with Crippen LogP contribution in [0.3, 0.4) is 0 Å². The molecule has 0 aliphatic rings. The average Bonchev–Trinajstić information content (AvgIpc) is 2.87. The third-order valence-corrected chi connectivity index (χ3v) is 5.32. The van der Waals surface area contributed by atoms with Gasteiger partial charge >= 0.3 is 0 Å². The van der Waals surface area contributed by atoms with E-state index in [-0.39, 0.29) is 22.5 Å². The zero-order chi connectivity index (χ0) is 25.6. The van der Waals surface area contributed by atoms with Gasteiger partial charge in [-0.05, 0) is 49.2 Å². The minimum Gasteiger partial charge on any atom is -0.493 e. The number of carbonyl (C=O) groups is 1. The lowest BCUT2D eigenvalue weighted by molar-refractivity contribution is 0.111. The van der Waals surface area contributed by atoms with Crippen LogP contribution in [0.15, 0.2) is 41.4 Å². The number of hydrogen-bond acceptors (Lipinski definition) is 8. The maximum Gasteiger partial charge on any atom is 0.188 e. The van der Waals surface area contributed by atoms with Crippen molar-refractivity contribution >= 4 is 46.3 Å². The lowest BCUT2D eigenvalue weighted by Gasteiger charge is -2.12. The van der Waals surface area contributed by atoms with E-state index in [1.165, 1.54) is 16.3 Å². The van der Waals surface area contributed by atoms with Gasteiger partial charge in [0, 0.05) is 19.0 Å². The fraction of sp³-hybridized carbons (Fsp3) is 0.333. The van der Waals surface area contributed by atoms with Crippen molar-refractivity contribution in [2.45, 2.75) is 25.7 Å². The number of benzene rings is 2. The van der Waals surface area contributed by atoms with Crippen molar-refractivity contribution in [2.24, 2.45) is 16.5 Å². The molecule has 11 heteroatoms. The molecule has 0 fully saturated rings. The molecule has 0 bridgehead atoms. The van der Waals surface area contributed by atoms with E-state index in [2.05, 4.69) is 56.7 Å². The summed E-state index contributed by atoms with van der Waals surface area (Å²) in [7, 11) is 1.69. The van der Waals surface area contributed by atoms with Crippen LogP contribution < -0.4 is 33.0 Å². The van der Waals surface area contributed by atoms with Crippen molar-refractivity contribution in [1.82, 2.24) is 15.3 Å². The molecular weight excluding hydrogens is 468 g/mol. The van der Waals surface area contributed by atoms with E-state index in [9.17, 15) is 4.79 Å². The Balaban J connectivity index is 0.000000328. The monoisotopic (exact) mass is 500 g/mol. The van der Waals surface area contributed by atoms with Crippen molar-refractivity contribution in [3.05, 3.63) is 52.8 Å². The van der Waals surface area contributed by atoms with Crippen LogP contribution in [0, 0.1) is 0 Å². The lowest BCUT2D eigenvalue weighted by Crippen LogP contribution is -2.32. The van der Waals surface area contributed by atoms with Gasteiger partial charge in [-0.1, -0.05) is 41.9 Å². The summed E-state index contributed by atoms with van der Waals surface area (Å²) in [6.45, 7) is 2.16. The fourth-order valence-corrected chi connectivity index (χ4v) is 3.35. The van der Waals surface area contributed by atoms with Gasteiger partial charge in [-0.3, -0.25) is 9.79 Å². The number of aryl methyl sites for hydroxylation is 1. The molecule has 0 atom stereocenters. The number of hydrogen-bond donors (Lipinski definition) is 5. The zero-order valence-electron chi connectivity index (χ0n) is 19.8. The molecule has 1 aromatic heterocycles. The van der Waals surface area contributed by atoms with Gasteiger partial charge in [0.1, 0.15) is 11.4 Å². The number of nitrogen functional groups attached to an aromatic ring is 2. The van der Waals surface area contributed by atoms with Gasteiger partial charge < -0.3 is 33.0 Å². The van der Waals surface area contributed by atoms with E-state index < -0.39 is 0 Å². The van der Waals surface area contributed by atoms with Gasteiger partial charge in [0.25, 0.3) is 0 Å². The summed E-state index contributed by atoms with van der Waals surface area (Å²) in [5.41, 5.74) is 23.0. The number of guanidine groups is 1. The third kappa shape index (κ3) is 8.58. The second-order valence-electron chi connectivity index (χ2n) is 7.54. The highest BCUT2D eigenvalue weighted by molar-refractivity contribution is 6.31. The first-order valence-corrected chi connectivity index (χ1v) is 11.6. The van der Waals surface area contributed by atoms with E-state index in [1.54, 1.807) is 7.05 Å². The highest BCUT2D eigenvalue weighted by atomic mass is 35.5. The van der Waals surface area contributed by atoms with Crippen molar-refractivity contribution in [1.29, 1.82) is 0 Å². The van der Waals surface area contributed by atoms with Gasteiger partial charge in [-0.15, -0.1) is 0 Å². The molecule has 0 radical (unpaired) electrons. The Morgan fingerprint density at radius 2 is 1.83 bits per heavy atom. The summed E-state index contributed by atoms with van der Waals surface area (Å²) in [5, 5.41) is 5.52. The molecule has 0 saturated carbocycles. The Kier molecular flexibility index (Phi) is 11.5. The standard InChI is InChI=1S/C19H28N4O.C5H5ClN4O/c1-22-19(21)23-13-5-4-7-15-10-11-18(24-14-6-12-20)17-9-3-2-8-16(15)17;6-3-5(8)10-4(7)2(1-11)9-3/h2-3,8-11H,4-7,12-14,20H2,1H3,(H3,21,22,23);1H,(H4,7,8,10). The van der Waals surface area contributed by atoms with Gasteiger partial charge in [0.05, 0.1) is 6.61 Å². The number of aldehydes is 1. The number of fused-ring (bicyclic) bond motifs is 1. The number of rotatable bonds is 10. The maximum absolute atomic E-state index is 10.2. The Bertz CT molecular complexity index is 1140. The summed E-state index contributed by atoms with van der Waals surface area (Å²) in [4.78, 5) is 21.2. The van der Waals surface area contributed by atoms with Crippen molar-refractivity contribution in [3.63, 3.8) is 0 Å². The number of aliphatic imine (C=N–C) groups is 1. The first-order chi connectivity index (χ1) is 16.9. The molecule has 2 aromatic carbocycles. The van der Waals surface area contributed by atoms with Gasteiger partial charge in [-0.2, -0.15) is 0 Å². The normalized spacial score (nSPS) is 11.0. The van der Waals surface area contributed by atoms with Crippen LogP contribution in [0.5, 0.6) is 5.75 Å². The van der Waals surface area contributed by atoms with Crippen LogP contribution >= 0.6 is 11.6 Å². The second kappa shape index (κ2) is 14.6. The zero-order valence-corrected chi connectivity index (χ0v) is 20.6. The predicted molar refractivity (Wildman–Crippen MR) is 143 cm³/mol. The number of anilines is 2. The molecule has 3 rings (SSSR count). The van der Waals surface area contributed by atoms with Crippen LogP contribution in [0.1, 0.15) is 35.3 Å². The lowest BCUT2D eigenvalue weighted by atomic mass is 9.99. The highest BCUT2D eigenvalue weighted by Gasteiger charge is 2.07. The summed E-state index contributed by atoms with van der Waals surface area (Å²) in [6, 6.07) is 12.7. The smallest absolute Gasteiger partial charge is 0.188 e. The molecule has 188 valence electrons. The number of aromatic nitrogens is 2. The number of unbranched alkanes of at least 4 members (excludes halogenated alkanes) is 1. The summed E-state index contributed by atoms with van der Waals surface area (Å²) in [5.74, 6) is 1.45. The van der Waals surface area contributed by atoms with E-state index in [1.807, 2.05) is 0 Å². The number of halogens is 1. The Labute approximate surface area is 210 Å². The topological polar surface area (TPSA) is 181 Å². The molecule has 3 aromatic rings. The van der Waals surface area contributed by atoms with Crippen LogP contribution in [0.4, 0.5) is 11.6 Å². The van der Waals surface area contributed by atoms with Crippen LogP contribution in [-0.4, -0.2) is 49.0 Å². The summed E-state index contributed by atoms with van der Waals surface area (Å²) < 4.78 is 5.88. The third-order valence-electron chi connectivity index (χ3n) is 5.05. The number of nitrogens with one attached hydrogen (secondary N) is 1. The molecule has 10 nitrogen and oxygen atoms in total. The maximum atomic E-state index is 10.2. The largest absolute Gasteiger partial charge is 0.493 e. The molecule has 9 N–H and O–H groups in total. The van der Waals surface area contributed by atoms with Crippen molar-refractivity contribution < 1.29 is 9.53 Å². The minimum absolute atomic E-state index is 0.00389. The van der Waals surface area contributed by atoms with Crippen molar-refractivity contribution in [2.75, 3.05) is 38.2 Å². The van der Waals surface area contributed by atoms with Crippen molar-refractivity contribution in [3.8, 4) is 5.75 Å². The second-order valence-corrected chi connectivity index (χ2v) is 7.90. The molecule has 0 amide bonds. The van der Waals surface area contributed by atoms with Gasteiger partial charge in [0.15, 0.2) is 29.0 Å². The highest BCUT2D eigenvalue weighted by Crippen LogP contribution is 2.29. The molecule has 35 heavy (non-hydrogen) atoms. The molecule has 0 saturated heterocycles. The first-order valence-electron chi connectivity index (χ1n) is 11.2. The molecule has 0 spiro atoms. The fourth-order valence-electron chi connectivity index (χ4n) is 3.22. The number of nitrogens with two attached hydrogens (primary N) is 4.